The molecule has 0 aliphatic rings. The van der Waals surface area contributed by atoms with Crippen molar-refractivity contribution in [3.8, 4) is 5.75 Å². The number of halogens is 2. The van der Waals surface area contributed by atoms with E-state index < -0.39 is 11.2 Å². The summed E-state index contributed by atoms with van der Waals surface area (Å²) < 4.78 is 18.3. The highest BCUT2D eigenvalue weighted by Gasteiger charge is 2.14. The van der Waals surface area contributed by atoms with E-state index >= 15 is 0 Å². The third-order valence-electron chi connectivity index (χ3n) is 2.28. The number of H-pyrrole nitrogens is 1. The summed E-state index contributed by atoms with van der Waals surface area (Å²) in [7, 11) is 1.42. The molecule has 1 heterocycles. The summed E-state index contributed by atoms with van der Waals surface area (Å²) >= 11 is 6.17. The first-order valence-electron chi connectivity index (χ1n) is 4.68. The fourth-order valence-electron chi connectivity index (χ4n) is 1.43. The Balaban J connectivity index is 2.31. The van der Waals surface area contributed by atoms with Crippen molar-refractivity contribution in [2.45, 2.75) is 5.38 Å². The van der Waals surface area contributed by atoms with Gasteiger partial charge in [0.05, 0.1) is 18.7 Å². The average molecular weight is 241 g/mol. The molecule has 5 heteroatoms. The second-order valence-corrected chi connectivity index (χ2v) is 3.72. The monoisotopic (exact) mass is 240 g/mol. The highest BCUT2D eigenvalue weighted by Crippen LogP contribution is 2.30. The van der Waals surface area contributed by atoms with Gasteiger partial charge < -0.3 is 4.74 Å². The SMILES string of the molecule is COc1ccc(C(Cl)c2cn[nH]c2)cc1F. The smallest absolute Gasteiger partial charge is 0.165 e. The molecule has 1 aromatic carbocycles. The van der Waals surface area contributed by atoms with Crippen LogP contribution >= 0.6 is 11.6 Å². The summed E-state index contributed by atoms with van der Waals surface area (Å²) in [6, 6.07) is 4.65. The van der Waals surface area contributed by atoms with E-state index in [0.29, 0.717) is 5.56 Å². The Bertz CT molecular complexity index is 473. The van der Waals surface area contributed by atoms with Gasteiger partial charge in [0.1, 0.15) is 0 Å². The van der Waals surface area contributed by atoms with E-state index in [9.17, 15) is 4.39 Å². The molecule has 1 atom stereocenters. The quantitative estimate of drug-likeness (QED) is 0.838. The van der Waals surface area contributed by atoms with E-state index in [1.54, 1.807) is 24.5 Å². The van der Waals surface area contributed by atoms with Crippen LogP contribution in [-0.2, 0) is 0 Å². The zero-order valence-corrected chi connectivity index (χ0v) is 9.33. The Morgan fingerprint density at radius 3 is 2.81 bits per heavy atom. The van der Waals surface area contributed by atoms with Crippen LogP contribution in [0.5, 0.6) is 5.75 Å². The number of rotatable bonds is 3. The van der Waals surface area contributed by atoms with Gasteiger partial charge in [-0.25, -0.2) is 4.39 Å². The van der Waals surface area contributed by atoms with Gasteiger partial charge in [-0.2, -0.15) is 5.10 Å². The van der Waals surface area contributed by atoms with Crippen molar-refractivity contribution in [1.82, 2.24) is 10.2 Å². The lowest BCUT2D eigenvalue weighted by Crippen LogP contribution is -1.94. The topological polar surface area (TPSA) is 37.9 Å². The molecule has 0 radical (unpaired) electrons. The molecule has 0 bridgehead atoms. The van der Waals surface area contributed by atoms with Crippen LogP contribution < -0.4 is 4.74 Å². The summed E-state index contributed by atoms with van der Waals surface area (Å²) in [4.78, 5) is 0. The van der Waals surface area contributed by atoms with Crippen molar-refractivity contribution in [1.29, 1.82) is 0 Å². The molecular formula is C11H10ClFN2O. The Morgan fingerprint density at radius 1 is 1.44 bits per heavy atom. The minimum Gasteiger partial charge on any atom is -0.494 e. The summed E-state index contributed by atoms with van der Waals surface area (Å²) in [5, 5.41) is 6.04. The molecule has 2 rings (SSSR count). The van der Waals surface area contributed by atoms with Crippen molar-refractivity contribution in [3.63, 3.8) is 0 Å². The number of nitrogens with one attached hydrogen (secondary N) is 1. The van der Waals surface area contributed by atoms with E-state index in [4.69, 9.17) is 16.3 Å². The van der Waals surface area contributed by atoms with Gasteiger partial charge in [-0.3, -0.25) is 5.10 Å². The molecule has 2 aromatic rings. The lowest BCUT2D eigenvalue weighted by molar-refractivity contribution is 0.386. The zero-order chi connectivity index (χ0) is 11.5. The molecule has 0 amide bonds. The maximum atomic E-state index is 13.4. The predicted molar refractivity (Wildman–Crippen MR) is 59.2 cm³/mol. The fourth-order valence-corrected chi connectivity index (χ4v) is 1.69. The normalized spacial score (nSPS) is 12.4. The molecule has 0 aliphatic heterocycles. The maximum absolute atomic E-state index is 13.4. The number of aromatic nitrogens is 2. The van der Waals surface area contributed by atoms with E-state index in [1.165, 1.54) is 13.2 Å². The molecule has 1 unspecified atom stereocenters. The molecule has 16 heavy (non-hydrogen) atoms. The highest BCUT2D eigenvalue weighted by molar-refractivity contribution is 6.22. The van der Waals surface area contributed by atoms with Gasteiger partial charge in [-0.05, 0) is 17.7 Å². The number of alkyl halides is 1. The molecule has 3 nitrogen and oxygen atoms in total. The zero-order valence-electron chi connectivity index (χ0n) is 8.58. The standard InChI is InChI=1S/C11H10ClFN2O/c1-16-10-3-2-7(4-9(10)13)11(12)8-5-14-15-6-8/h2-6,11H,1H3,(H,14,15). The van der Waals surface area contributed by atoms with Gasteiger partial charge in [0.2, 0.25) is 0 Å². The lowest BCUT2D eigenvalue weighted by atomic mass is 10.1. The van der Waals surface area contributed by atoms with Gasteiger partial charge in [-0.15, -0.1) is 11.6 Å². The summed E-state index contributed by atoms with van der Waals surface area (Å²) in [6.45, 7) is 0. The summed E-state index contributed by atoms with van der Waals surface area (Å²) in [6.07, 6.45) is 3.29. The molecule has 0 saturated heterocycles. The van der Waals surface area contributed by atoms with Gasteiger partial charge in [0.25, 0.3) is 0 Å². The van der Waals surface area contributed by atoms with Crippen LogP contribution in [0.25, 0.3) is 0 Å². The van der Waals surface area contributed by atoms with Crippen LogP contribution in [0.4, 0.5) is 4.39 Å². The van der Waals surface area contributed by atoms with Gasteiger partial charge >= 0.3 is 0 Å². The third kappa shape index (κ3) is 2.02. The molecule has 1 N–H and O–H groups in total. The van der Waals surface area contributed by atoms with E-state index in [-0.39, 0.29) is 5.75 Å². The van der Waals surface area contributed by atoms with Gasteiger partial charge in [0, 0.05) is 11.8 Å². The average Bonchev–Trinajstić information content (AvgIpc) is 2.81. The predicted octanol–water partition coefficient (Wildman–Crippen LogP) is 2.89. The second-order valence-electron chi connectivity index (χ2n) is 3.29. The Labute approximate surface area is 97.2 Å². The summed E-state index contributed by atoms with van der Waals surface area (Å²) in [5.41, 5.74) is 1.47. The van der Waals surface area contributed by atoms with Gasteiger partial charge in [0.15, 0.2) is 11.6 Å². The third-order valence-corrected chi connectivity index (χ3v) is 2.78. The molecule has 0 fully saturated rings. The van der Waals surface area contributed by atoms with Crippen LogP contribution in [0, 0.1) is 5.82 Å². The van der Waals surface area contributed by atoms with Crippen LogP contribution in [0.2, 0.25) is 0 Å². The van der Waals surface area contributed by atoms with Gasteiger partial charge in [-0.1, -0.05) is 6.07 Å². The minimum absolute atomic E-state index is 0.208. The number of hydrogen-bond donors (Lipinski definition) is 1. The van der Waals surface area contributed by atoms with Crippen molar-refractivity contribution in [2.24, 2.45) is 0 Å². The number of benzene rings is 1. The van der Waals surface area contributed by atoms with E-state index in [1.807, 2.05) is 0 Å². The lowest BCUT2D eigenvalue weighted by Gasteiger charge is -2.09. The van der Waals surface area contributed by atoms with Crippen molar-refractivity contribution >= 4 is 11.6 Å². The van der Waals surface area contributed by atoms with Crippen LogP contribution in [0.3, 0.4) is 0 Å². The maximum Gasteiger partial charge on any atom is 0.165 e. The first-order chi connectivity index (χ1) is 7.72. The molecule has 0 aliphatic carbocycles. The second kappa shape index (κ2) is 4.53. The molecule has 1 aromatic heterocycles. The largest absolute Gasteiger partial charge is 0.494 e. The van der Waals surface area contributed by atoms with Crippen molar-refractivity contribution in [3.05, 3.63) is 47.5 Å². The minimum atomic E-state index is -0.422. The Hall–Kier alpha value is -1.55. The van der Waals surface area contributed by atoms with E-state index in [2.05, 4.69) is 10.2 Å². The van der Waals surface area contributed by atoms with Crippen LogP contribution in [-0.4, -0.2) is 17.3 Å². The number of ether oxygens (including phenoxy) is 1. The van der Waals surface area contributed by atoms with Crippen LogP contribution in [0.1, 0.15) is 16.5 Å². The van der Waals surface area contributed by atoms with Crippen LogP contribution in [0.15, 0.2) is 30.6 Å². The Morgan fingerprint density at radius 2 is 2.25 bits per heavy atom. The molecular weight excluding hydrogens is 231 g/mol. The first-order valence-corrected chi connectivity index (χ1v) is 5.12. The van der Waals surface area contributed by atoms with E-state index in [0.717, 1.165) is 5.56 Å². The molecule has 0 saturated carbocycles. The van der Waals surface area contributed by atoms with Crippen molar-refractivity contribution < 1.29 is 9.13 Å². The molecule has 0 spiro atoms. The number of hydrogen-bond acceptors (Lipinski definition) is 2. The number of nitrogens with zero attached hydrogens (tertiary/aromatic N) is 1. The fraction of sp³-hybridized carbons (Fsp3) is 0.182. The highest BCUT2D eigenvalue weighted by atomic mass is 35.5. The Kier molecular flexibility index (Phi) is 3.10. The number of aromatic amines is 1. The summed E-state index contributed by atoms with van der Waals surface area (Å²) in [5.74, 6) is -0.214. The first kappa shape index (κ1) is 11.0. The number of methoxy groups -OCH3 is 1. The molecule has 84 valence electrons. The van der Waals surface area contributed by atoms with Crippen molar-refractivity contribution in [2.75, 3.05) is 7.11 Å².